The Morgan fingerprint density at radius 3 is 2.38 bits per heavy atom. The molecule has 1 N–H and O–H groups in total. The minimum atomic E-state index is -4.31. The Balaban J connectivity index is 2.10. The summed E-state index contributed by atoms with van der Waals surface area (Å²) in [4.78, 5) is 12.6. The fraction of sp³-hybridized carbons (Fsp3) is 0.235. The molecule has 0 heterocycles. The molecule has 2 aromatic carbocycles. The number of carbonyl (C=O) groups is 1. The summed E-state index contributed by atoms with van der Waals surface area (Å²) in [5, 5.41) is 2.71. The lowest BCUT2D eigenvalue weighted by atomic mass is 10.1. The molecule has 1 atom stereocenters. The van der Waals surface area contributed by atoms with Crippen molar-refractivity contribution in [3.05, 3.63) is 65.5 Å². The van der Waals surface area contributed by atoms with Crippen LogP contribution in [0.5, 0.6) is 0 Å². The van der Waals surface area contributed by atoms with Crippen molar-refractivity contribution in [2.45, 2.75) is 24.0 Å². The topological polar surface area (TPSA) is 29.1 Å². The van der Waals surface area contributed by atoms with Gasteiger partial charge in [-0.05, 0) is 36.8 Å². The Bertz CT molecular complexity index is 700. The van der Waals surface area contributed by atoms with Crippen molar-refractivity contribution < 1.29 is 22.4 Å². The molecule has 2 nitrogen and oxygen atoms in total. The fourth-order valence-corrected chi connectivity index (χ4v) is 2.86. The molecule has 1 amide bonds. The molecule has 0 aliphatic heterocycles. The normalized spacial score (nSPS) is 12.7. The van der Waals surface area contributed by atoms with Crippen LogP contribution in [-0.2, 0) is 0 Å². The van der Waals surface area contributed by atoms with E-state index in [2.05, 4.69) is 5.32 Å². The zero-order valence-corrected chi connectivity index (χ0v) is 13.5. The van der Waals surface area contributed by atoms with Crippen LogP contribution < -0.4 is 5.32 Å². The summed E-state index contributed by atoms with van der Waals surface area (Å²) in [7, 11) is 0. The Labute approximate surface area is 141 Å². The van der Waals surface area contributed by atoms with Crippen molar-refractivity contribution in [3.63, 3.8) is 0 Å². The van der Waals surface area contributed by atoms with Crippen molar-refractivity contribution in [3.8, 4) is 0 Å². The Hall–Kier alpha value is -2.02. The number of alkyl halides is 3. The van der Waals surface area contributed by atoms with Crippen LogP contribution in [0.1, 0.15) is 28.9 Å². The first-order chi connectivity index (χ1) is 11.3. The van der Waals surface area contributed by atoms with Crippen LogP contribution in [-0.4, -0.2) is 17.8 Å². The lowest BCUT2D eigenvalue weighted by Gasteiger charge is -2.16. The SMILES string of the molecule is C[C@@H](NC(=O)c1ccccc1SCC(F)(F)F)c1ccc(F)cc1. The largest absolute Gasteiger partial charge is 0.398 e. The molecule has 128 valence electrons. The van der Waals surface area contributed by atoms with Gasteiger partial charge in [-0.1, -0.05) is 24.3 Å². The number of amides is 1. The Morgan fingerprint density at radius 2 is 1.75 bits per heavy atom. The minimum Gasteiger partial charge on any atom is -0.345 e. The van der Waals surface area contributed by atoms with Crippen molar-refractivity contribution in [2.75, 3.05) is 5.75 Å². The van der Waals surface area contributed by atoms with E-state index in [1.807, 2.05) is 0 Å². The monoisotopic (exact) mass is 357 g/mol. The lowest BCUT2D eigenvalue weighted by Crippen LogP contribution is -2.27. The maximum absolute atomic E-state index is 12.9. The molecule has 0 aliphatic carbocycles. The third kappa shape index (κ3) is 5.26. The molecule has 0 saturated heterocycles. The van der Waals surface area contributed by atoms with Crippen molar-refractivity contribution >= 4 is 17.7 Å². The van der Waals surface area contributed by atoms with Crippen LogP contribution in [0.3, 0.4) is 0 Å². The lowest BCUT2D eigenvalue weighted by molar-refractivity contribution is -0.105. The average Bonchev–Trinajstić information content (AvgIpc) is 2.53. The first kappa shape index (κ1) is 18.3. The molecule has 0 unspecified atom stereocenters. The van der Waals surface area contributed by atoms with Gasteiger partial charge in [-0.3, -0.25) is 4.79 Å². The average molecular weight is 357 g/mol. The van der Waals surface area contributed by atoms with E-state index in [1.165, 1.54) is 24.3 Å². The van der Waals surface area contributed by atoms with Gasteiger partial charge in [0.25, 0.3) is 5.91 Å². The molecule has 0 saturated carbocycles. The van der Waals surface area contributed by atoms with Crippen LogP contribution in [0.25, 0.3) is 0 Å². The summed E-state index contributed by atoms with van der Waals surface area (Å²) < 4.78 is 50.1. The fourth-order valence-electron chi connectivity index (χ4n) is 2.05. The summed E-state index contributed by atoms with van der Waals surface area (Å²) in [6.07, 6.45) is -4.31. The van der Waals surface area contributed by atoms with E-state index in [9.17, 15) is 22.4 Å². The van der Waals surface area contributed by atoms with Crippen molar-refractivity contribution in [1.29, 1.82) is 0 Å². The second kappa shape index (κ2) is 7.70. The standard InChI is InChI=1S/C17H15F4NOS/c1-11(12-6-8-13(18)9-7-12)22-16(23)14-4-2-3-5-15(14)24-10-17(19,20)21/h2-9,11H,10H2,1H3,(H,22,23)/t11-/m1/s1. The molecule has 24 heavy (non-hydrogen) atoms. The van der Waals surface area contributed by atoms with E-state index in [0.29, 0.717) is 17.3 Å². The van der Waals surface area contributed by atoms with Crippen molar-refractivity contribution in [1.82, 2.24) is 5.32 Å². The highest BCUT2D eigenvalue weighted by molar-refractivity contribution is 7.99. The molecule has 0 aromatic heterocycles. The molecular formula is C17H15F4NOS. The van der Waals surface area contributed by atoms with Crippen LogP contribution in [0.15, 0.2) is 53.4 Å². The Kier molecular flexibility index (Phi) is 5.88. The summed E-state index contributed by atoms with van der Waals surface area (Å²) >= 11 is 0.572. The highest BCUT2D eigenvalue weighted by atomic mass is 32.2. The molecule has 0 fully saturated rings. The van der Waals surface area contributed by atoms with Gasteiger partial charge in [0.15, 0.2) is 0 Å². The number of hydrogen-bond donors (Lipinski definition) is 1. The molecule has 2 rings (SSSR count). The number of hydrogen-bond acceptors (Lipinski definition) is 2. The van der Waals surface area contributed by atoms with E-state index in [4.69, 9.17) is 0 Å². The van der Waals surface area contributed by atoms with E-state index >= 15 is 0 Å². The van der Waals surface area contributed by atoms with Gasteiger partial charge < -0.3 is 5.32 Å². The van der Waals surface area contributed by atoms with E-state index in [0.717, 1.165) is 0 Å². The highest BCUT2D eigenvalue weighted by Gasteiger charge is 2.28. The van der Waals surface area contributed by atoms with E-state index in [-0.39, 0.29) is 16.3 Å². The molecular weight excluding hydrogens is 342 g/mol. The van der Waals surface area contributed by atoms with Gasteiger partial charge in [0.2, 0.25) is 0 Å². The smallest absolute Gasteiger partial charge is 0.345 e. The number of halogens is 4. The van der Waals surface area contributed by atoms with Gasteiger partial charge >= 0.3 is 6.18 Å². The summed E-state index contributed by atoms with van der Waals surface area (Å²) in [6.45, 7) is 1.72. The van der Waals surface area contributed by atoms with Crippen LogP contribution in [0, 0.1) is 5.82 Å². The maximum atomic E-state index is 12.9. The summed E-state index contributed by atoms with van der Waals surface area (Å²) in [6, 6.07) is 11.4. The van der Waals surface area contributed by atoms with Gasteiger partial charge in [0.1, 0.15) is 5.82 Å². The Morgan fingerprint density at radius 1 is 1.12 bits per heavy atom. The second-order valence-corrected chi connectivity index (χ2v) is 6.16. The van der Waals surface area contributed by atoms with E-state index in [1.54, 1.807) is 31.2 Å². The molecule has 7 heteroatoms. The zero-order valence-electron chi connectivity index (χ0n) is 12.7. The van der Waals surface area contributed by atoms with Crippen molar-refractivity contribution in [2.24, 2.45) is 0 Å². The number of thioether (sulfide) groups is 1. The molecule has 0 radical (unpaired) electrons. The number of rotatable bonds is 5. The van der Waals surface area contributed by atoms with Crippen LogP contribution in [0.4, 0.5) is 17.6 Å². The third-order valence-electron chi connectivity index (χ3n) is 3.24. The predicted molar refractivity (Wildman–Crippen MR) is 85.5 cm³/mol. The van der Waals surface area contributed by atoms with Gasteiger partial charge in [0, 0.05) is 4.90 Å². The first-order valence-corrected chi connectivity index (χ1v) is 8.10. The second-order valence-electron chi connectivity index (χ2n) is 5.15. The number of benzene rings is 2. The number of nitrogens with one attached hydrogen (secondary N) is 1. The predicted octanol–water partition coefficient (Wildman–Crippen LogP) is 4.97. The zero-order chi connectivity index (χ0) is 17.7. The van der Waals surface area contributed by atoms with Crippen LogP contribution >= 0.6 is 11.8 Å². The third-order valence-corrected chi connectivity index (χ3v) is 4.38. The van der Waals surface area contributed by atoms with Gasteiger partial charge in [0.05, 0.1) is 17.4 Å². The highest BCUT2D eigenvalue weighted by Crippen LogP contribution is 2.29. The first-order valence-electron chi connectivity index (χ1n) is 7.11. The molecule has 0 bridgehead atoms. The molecule has 0 aliphatic rings. The van der Waals surface area contributed by atoms with Gasteiger partial charge in [-0.25, -0.2) is 4.39 Å². The van der Waals surface area contributed by atoms with Gasteiger partial charge in [-0.15, -0.1) is 11.8 Å². The minimum absolute atomic E-state index is 0.181. The molecule has 0 spiro atoms. The maximum Gasteiger partial charge on any atom is 0.398 e. The molecule has 2 aromatic rings. The van der Waals surface area contributed by atoms with E-state index < -0.39 is 23.9 Å². The summed E-state index contributed by atoms with van der Waals surface area (Å²) in [5.41, 5.74) is 0.880. The summed E-state index contributed by atoms with van der Waals surface area (Å²) in [5.74, 6) is -1.92. The van der Waals surface area contributed by atoms with Crippen LogP contribution in [0.2, 0.25) is 0 Å². The quantitative estimate of drug-likeness (QED) is 0.605. The number of carbonyl (C=O) groups excluding carboxylic acids is 1. The van der Waals surface area contributed by atoms with Gasteiger partial charge in [-0.2, -0.15) is 13.2 Å².